The van der Waals surface area contributed by atoms with Crippen molar-refractivity contribution in [1.29, 1.82) is 0 Å². The first-order valence-corrected chi connectivity index (χ1v) is 8.47. The predicted molar refractivity (Wildman–Crippen MR) is 94.4 cm³/mol. The van der Waals surface area contributed by atoms with E-state index >= 15 is 0 Å². The minimum atomic E-state index is 0.321. The summed E-state index contributed by atoms with van der Waals surface area (Å²) in [6.07, 6.45) is 3.14. The molecule has 1 atom stereocenters. The van der Waals surface area contributed by atoms with Crippen molar-refractivity contribution in [2.24, 2.45) is 0 Å². The molecule has 128 valence electrons. The predicted octanol–water partition coefficient (Wildman–Crippen LogP) is 3.99. The molecule has 1 unspecified atom stereocenters. The fourth-order valence-corrected chi connectivity index (χ4v) is 2.99. The molecule has 0 aliphatic rings. The molecule has 2 aromatic heterocycles. The molecular formula is C19H25N3O2. The van der Waals surface area contributed by atoms with E-state index in [1.165, 1.54) is 11.1 Å². The van der Waals surface area contributed by atoms with Crippen LogP contribution in [0.5, 0.6) is 0 Å². The highest BCUT2D eigenvalue weighted by atomic mass is 16.5. The minimum absolute atomic E-state index is 0.321. The molecule has 0 bridgehead atoms. The fraction of sp³-hybridized carbons (Fsp3) is 0.474. The van der Waals surface area contributed by atoms with Gasteiger partial charge in [0.1, 0.15) is 5.58 Å². The molecule has 0 spiro atoms. The first kappa shape index (κ1) is 16.7. The van der Waals surface area contributed by atoms with E-state index in [1.54, 1.807) is 6.26 Å². The lowest BCUT2D eigenvalue weighted by atomic mass is 9.95. The van der Waals surface area contributed by atoms with Crippen molar-refractivity contribution >= 4 is 11.0 Å². The highest BCUT2D eigenvalue weighted by Gasteiger charge is 2.15. The van der Waals surface area contributed by atoms with Crippen LogP contribution in [0, 0.1) is 6.92 Å². The Bertz CT molecular complexity index is 832. The van der Waals surface area contributed by atoms with Gasteiger partial charge < -0.3 is 14.3 Å². The van der Waals surface area contributed by atoms with Crippen LogP contribution in [0.3, 0.4) is 0 Å². The molecule has 0 aliphatic carbocycles. The van der Waals surface area contributed by atoms with Crippen molar-refractivity contribution in [3.05, 3.63) is 46.8 Å². The van der Waals surface area contributed by atoms with Gasteiger partial charge in [0.15, 0.2) is 5.82 Å². The van der Waals surface area contributed by atoms with Crippen LogP contribution in [0.15, 0.2) is 27.3 Å². The maximum Gasteiger partial charge on any atom is 0.231 e. The van der Waals surface area contributed by atoms with Crippen LogP contribution in [-0.4, -0.2) is 23.2 Å². The van der Waals surface area contributed by atoms with Gasteiger partial charge in [-0.2, -0.15) is 4.98 Å². The topological polar surface area (TPSA) is 64.1 Å². The number of hydrogen-bond acceptors (Lipinski definition) is 5. The Kier molecular flexibility index (Phi) is 4.71. The maximum absolute atomic E-state index is 5.73. The summed E-state index contributed by atoms with van der Waals surface area (Å²) in [5, 5.41) is 8.38. The standard InChI is InChI=1S/C19H25N3O2/c1-11(2)15-9-16-14(10-23-17(16)6-12(15)3)8-19-21-18(22-24-19)7-13(4)20-5/h6,9-11,13,20H,7-8H2,1-5H3. The summed E-state index contributed by atoms with van der Waals surface area (Å²) in [4.78, 5) is 4.50. The number of fused-ring (bicyclic) bond motifs is 1. The van der Waals surface area contributed by atoms with E-state index < -0.39 is 0 Å². The van der Waals surface area contributed by atoms with Gasteiger partial charge >= 0.3 is 0 Å². The Morgan fingerprint density at radius 1 is 1.21 bits per heavy atom. The van der Waals surface area contributed by atoms with Crippen molar-refractivity contribution in [3.63, 3.8) is 0 Å². The Hall–Kier alpha value is -2.14. The monoisotopic (exact) mass is 327 g/mol. The van der Waals surface area contributed by atoms with E-state index in [-0.39, 0.29) is 0 Å². The Balaban J connectivity index is 1.86. The summed E-state index contributed by atoms with van der Waals surface area (Å²) in [6, 6.07) is 4.66. The second-order valence-electron chi connectivity index (χ2n) is 6.80. The van der Waals surface area contributed by atoms with Gasteiger partial charge in [0.05, 0.1) is 12.7 Å². The molecule has 1 aromatic carbocycles. The molecule has 0 amide bonds. The van der Waals surface area contributed by atoms with E-state index in [0.29, 0.717) is 24.3 Å². The van der Waals surface area contributed by atoms with E-state index in [0.717, 1.165) is 28.8 Å². The fourth-order valence-electron chi connectivity index (χ4n) is 2.99. The molecule has 0 saturated carbocycles. The molecule has 3 aromatic rings. The van der Waals surface area contributed by atoms with Gasteiger partial charge in [-0.1, -0.05) is 19.0 Å². The highest BCUT2D eigenvalue weighted by Crippen LogP contribution is 2.29. The van der Waals surface area contributed by atoms with E-state index in [1.807, 2.05) is 7.05 Å². The van der Waals surface area contributed by atoms with Gasteiger partial charge in [-0.3, -0.25) is 0 Å². The first-order valence-electron chi connectivity index (χ1n) is 8.47. The molecule has 0 fully saturated rings. The summed E-state index contributed by atoms with van der Waals surface area (Å²) in [6.45, 7) is 8.64. The Morgan fingerprint density at radius 3 is 2.71 bits per heavy atom. The molecule has 24 heavy (non-hydrogen) atoms. The largest absolute Gasteiger partial charge is 0.464 e. The van der Waals surface area contributed by atoms with Crippen molar-refractivity contribution in [2.45, 2.75) is 52.5 Å². The molecule has 0 aliphatic heterocycles. The number of rotatable bonds is 6. The summed E-state index contributed by atoms with van der Waals surface area (Å²) < 4.78 is 11.1. The van der Waals surface area contributed by atoms with Gasteiger partial charge in [-0.25, -0.2) is 0 Å². The van der Waals surface area contributed by atoms with Crippen LogP contribution in [-0.2, 0) is 12.8 Å². The molecule has 0 saturated heterocycles. The molecule has 1 N–H and O–H groups in total. The van der Waals surface area contributed by atoms with E-state index in [4.69, 9.17) is 8.94 Å². The quantitative estimate of drug-likeness (QED) is 0.741. The number of nitrogens with zero attached hydrogens (tertiary/aromatic N) is 2. The van der Waals surface area contributed by atoms with Crippen LogP contribution in [0.25, 0.3) is 11.0 Å². The third-order valence-corrected chi connectivity index (χ3v) is 4.50. The highest BCUT2D eigenvalue weighted by molar-refractivity contribution is 5.83. The second kappa shape index (κ2) is 6.77. The molecule has 5 nitrogen and oxygen atoms in total. The van der Waals surface area contributed by atoms with Crippen molar-refractivity contribution in [3.8, 4) is 0 Å². The Labute approximate surface area is 142 Å². The zero-order valence-corrected chi connectivity index (χ0v) is 15.0. The molecular weight excluding hydrogens is 302 g/mol. The summed E-state index contributed by atoms with van der Waals surface area (Å²) >= 11 is 0. The van der Waals surface area contributed by atoms with Crippen LogP contribution in [0.4, 0.5) is 0 Å². The third-order valence-electron chi connectivity index (χ3n) is 4.50. The van der Waals surface area contributed by atoms with Crippen molar-refractivity contribution in [2.75, 3.05) is 7.05 Å². The molecule has 5 heteroatoms. The number of likely N-dealkylation sites (N-methyl/N-ethyl adjacent to an activating group) is 1. The van der Waals surface area contributed by atoms with E-state index in [2.05, 4.69) is 55.3 Å². The number of furan rings is 1. The molecule has 2 heterocycles. The lowest BCUT2D eigenvalue weighted by molar-refractivity contribution is 0.377. The smallest absolute Gasteiger partial charge is 0.231 e. The average molecular weight is 327 g/mol. The lowest BCUT2D eigenvalue weighted by Gasteiger charge is -2.09. The van der Waals surface area contributed by atoms with Gasteiger partial charge in [-0.15, -0.1) is 0 Å². The summed E-state index contributed by atoms with van der Waals surface area (Å²) in [5.41, 5.74) is 4.61. The summed E-state index contributed by atoms with van der Waals surface area (Å²) in [5.74, 6) is 1.84. The molecule has 3 rings (SSSR count). The van der Waals surface area contributed by atoms with Crippen LogP contribution in [0.2, 0.25) is 0 Å². The summed E-state index contributed by atoms with van der Waals surface area (Å²) in [7, 11) is 1.93. The number of aryl methyl sites for hydroxylation is 1. The zero-order valence-electron chi connectivity index (χ0n) is 15.0. The Morgan fingerprint density at radius 2 is 2.00 bits per heavy atom. The minimum Gasteiger partial charge on any atom is -0.464 e. The van der Waals surface area contributed by atoms with E-state index in [9.17, 15) is 0 Å². The second-order valence-corrected chi connectivity index (χ2v) is 6.80. The number of aromatic nitrogens is 2. The SMILES string of the molecule is CNC(C)Cc1noc(Cc2coc3cc(C)c(C(C)C)cc23)n1. The van der Waals surface area contributed by atoms with Gasteiger partial charge in [0.25, 0.3) is 0 Å². The van der Waals surface area contributed by atoms with Gasteiger partial charge in [0, 0.05) is 23.4 Å². The van der Waals surface area contributed by atoms with Gasteiger partial charge in [0.2, 0.25) is 5.89 Å². The molecule has 0 radical (unpaired) electrons. The first-order chi connectivity index (χ1) is 11.5. The van der Waals surface area contributed by atoms with Gasteiger partial charge in [-0.05, 0) is 50.1 Å². The number of hydrogen-bond donors (Lipinski definition) is 1. The maximum atomic E-state index is 5.73. The van der Waals surface area contributed by atoms with Crippen LogP contribution >= 0.6 is 0 Å². The zero-order chi connectivity index (χ0) is 17.3. The third kappa shape index (κ3) is 3.36. The van der Waals surface area contributed by atoms with Crippen molar-refractivity contribution < 1.29 is 8.94 Å². The van der Waals surface area contributed by atoms with Crippen LogP contribution in [0.1, 0.15) is 55.1 Å². The van der Waals surface area contributed by atoms with Crippen LogP contribution < -0.4 is 5.32 Å². The normalized spacial score (nSPS) is 13.1. The number of benzene rings is 1. The average Bonchev–Trinajstić information content (AvgIpc) is 3.13. The lowest BCUT2D eigenvalue weighted by Crippen LogP contribution is -2.24. The number of nitrogens with one attached hydrogen (secondary N) is 1. The van der Waals surface area contributed by atoms with Crippen molar-refractivity contribution in [1.82, 2.24) is 15.5 Å².